The first-order valence-electron chi connectivity index (χ1n) is 10.6. The van der Waals surface area contributed by atoms with Crippen molar-refractivity contribution < 1.29 is 4.79 Å². The van der Waals surface area contributed by atoms with Crippen LogP contribution in [0.3, 0.4) is 0 Å². The number of H-pyrrole nitrogens is 1. The number of amides is 1. The Balaban J connectivity index is 1.48. The van der Waals surface area contributed by atoms with Gasteiger partial charge in [-0.3, -0.25) is 19.2 Å². The molecule has 1 fully saturated rings. The molecular formula is C23H23N7O2. The minimum absolute atomic E-state index is 0.00576. The van der Waals surface area contributed by atoms with E-state index in [9.17, 15) is 9.59 Å². The Labute approximate surface area is 183 Å². The van der Waals surface area contributed by atoms with E-state index in [1.807, 2.05) is 18.2 Å². The second kappa shape index (κ2) is 8.35. The zero-order valence-electron chi connectivity index (χ0n) is 17.4. The number of aromatic nitrogens is 5. The number of pyridine rings is 1. The van der Waals surface area contributed by atoms with Crippen LogP contribution in [-0.4, -0.2) is 48.4 Å². The summed E-state index contributed by atoms with van der Waals surface area (Å²) in [5.41, 5.74) is 7.88. The molecule has 1 saturated heterocycles. The van der Waals surface area contributed by atoms with Crippen molar-refractivity contribution in [3.63, 3.8) is 0 Å². The SMILES string of the molecule is NC(=O)c1nc(-c2cccnc2)nc2c1[nH]c(=O)n2C1CCN(Cc2ccccc2)CC1. The smallest absolute Gasteiger partial charge is 0.327 e. The zero-order chi connectivity index (χ0) is 22.1. The molecule has 1 aliphatic heterocycles. The molecule has 1 aliphatic rings. The number of hydrogen-bond donors (Lipinski definition) is 2. The molecule has 0 radical (unpaired) electrons. The van der Waals surface area contributed by atoms with Crippen LogP contribution in [0.4, 0.5) is 0 Å². The summed E-state index contributed by atoms with van der Waals surface area (Å²) in [6.07, 6.45) is 4.87. The summed E-state index contributed by atoms with van der Waals surface area (Å²) in [7, 11) is 0. The van der Waals surface area contributed by atoms with Gasteiger partial charge >= 0.3 is 5.69 Å². The van der Waals surface area contributed by atoms with Crippen LogP contribution in [0.1, 0.15) is 34.9 Å². The quantitative estimate of drug-likeness (QED) is 0.501. The third-order valence-corrected chi connectivity index (χ3v) is 5.89. The van der Waals surface area contributed by atoms with Gasteiger partial charge in [-0.15, -0.1) is 0 Å². The molecule has 162 valence electrons. The molecule has 1 amide bonds. The maximum atomic E-state index is 12.9. The highest BCUT2D eigenvalue weighted by molar-refractivity contribution is 6.01. The number of piperidine rings is 1. The van der Waals surface area contributed by atoms with Crippen molar-refractivity contribution in [2.75, 3.05) is 13.1 Å². The highest BCUT2D eigenvalue weighted by atomic mass is 16.2. The van der Waals surface area contributed by atoms with E-state index in [4.69, 9.17) is 5.73 Å². The van der Waals surface area contributed by atoms with E-state index in [-0.39, 0.29) is 22.9 Å². The molecule has 0 unspecified atom stereocenters. The first-order valence-corrected chi connectivity index (χ1v) is 10.6. The average Bonchev–Trinajstić information content (AvgIpc) is 3.15. The van der Waals surface area contributed by atoms with E-state index in [0.29, 0.717) is 17.0 Å². The molecule has 9 heteroatoms. The van der Waals surface area contributed by atoms with Crippen molar-refractivity contribution in [2.45, 2.75) is 25.4 Å². The standard InChI is InChI=1S/C23H23N7O2/c24-20(31)18-19-22(28-21(26-18)16-7-4-10-25-13-16)30(23(32)27-19)17-8-11-29(12-9-17)14-15-5-2-1-3-6-15/h1-7,10,13,17H,8-9,11-12,14H2,(H2,24,31)(H,27,32). The number of rotatable bonds is 5. The van der Waals surface area contributed by atoms with Crippen molar-refractivity contribution >= 4 is 17.1 Å². The fraction of sp³-hybridized carbons (Fsp3) is 0.261. The van der Waals surface area contributed by atoms with E-state index in [1.54, 1.807) is 29.1 Å². The van der Waals surface area contributed by atoms with Crippen LogP contribution in [-0.2, 0) is 6.54 Å². The van der Waals surface area contributed by atoms with Gasteiger partial charge in [0.1, 0.15) is 5.52 Å². The molecule has 4 aromatic rings. The van der Waals surface area contributed by atoms with E-state index in [1.165, 1.54) is 5.56 Å². The number of nitrogens with zero attached hydrogens (tertiary/aromatic N) is 5. The normalized spacial score (nSPS) is 15.2. The lowest BCUT2D eigenvalue weighted by molar-refractivity contribution is 0.0997. The van der Waals surface area contributed by atoms with Gasteiger partial charge in [0.15, 0.2) is 17.2 Å². The lowest BCUT2D eigenvalue weighted by atomic mass is 10.0. The monoisotopic (exact) mass is 429 g/mol. The minimum atomic E-state index is -0.714. The largest absolute Gasteiger partial charge is 0.364 e. The number of carbonyl (C=O) groups is 1. The van der Waals surface area contributed by atoms with Gasteiger partial charge in [0.2, 0.25) is 0 Å². The van der Waals surface area contributed by atoms with E-state index < -0.39 is 5.91 Å². The van der Waals surface area contributed by atoms with Crippen LogP contribution in [0.15, 0.2) is 59.7 Å². The number of nitrogens with one attached hydrogen (secondary N) is 1. The molecule has 0 saturated carbocycles. The third-order valence-electron chi connectivity index (χ3n) is 5.89. The fourth-order valence-electron chi connectivity index (χ4n) is 4.32. The average molecular weight is 429 g/mol. The van der Waals surface area contributed by atoms with E-state index >= 15 is 0 Å². The summed E-state index contributed by atoms with van der Waals surface area (Å²) in [6, 6.07) is 13.9. The Bertz CT molecular complexity index is 1310. The summed E-state index contributed by atoms with van der Waals surface area (Å²) >= 11 is 0. The summed E-state index contributed by atoms with van der Waals surface area (Å²) in [5, 5.41) is 0. The van der Waals surface area contributed by atoms with Gasteiger partial charge in [-0.05, 0) is 30.5 Å². The van der Waals surface area contributed by atoms with Crippen LogP contribution >= 0.6 is 0 Å². The lowest BCUT2D eigenvalue weighted by Crippen LogP contribution is -2.36. The number of nitrogens with two attached hydrogens (primary N) is 1. The van der Waals surface area contributed by atoms with Crippen molar-refractivity contribution in [3.05, 3.63) is 76.6 Å². The van der Waals surface area contributed by atoms with Gasteiger partial charge < -0.3 is 10.7 Å². The van der Waals surface area contributed by atoms with Gasteiger partial charge in [0.25, 0.3) is 5.91 Å². The Morgan fingerprint density at radius 3 is 2.56 bits per heavy atom. The lowest BCUT2D eigenvalue weighted by Gasteiger charge is -2.32. The van der Waals surface area contributed by atoms with E-state index in [2.05, 4.69) is 37.0 Å². The first-order chi connectivity index (χ1) is 15.6. The minimum Gasteiger partial charge on any atom is -0.364 e. The second-order valence-corrected chi connectivity index (χ2v) is 7.99. The summed E-state index contributed by atoms with van der Waals surface area (Å²) in [4.78, 5) is 43.2. The molecule has 9 nitrogen and oxygen atoms in total. The molecule has 4 heterocycles. The summed E-state index contributed by atoms with van der Waals surface area (Å²) < 4.78 is 1.66. The van der Waals surface area contributed by atoms with Crippen molar-refractivity contribution in [1.29, 1.82) is 0 Å². The highest BCUT2D eigenvalue weighted by Crippen LogP contribution is 2.27. The summed E-state index contributed by atoms with van der Waals surface area (Å²) in [6.45, 7) is 2.61. The second-order valence-electron chi connectivity index (χ2n) is 7.99. The van der Waals surface area contributed by atoms with Crippen LogP contribution < -0.4 is 11.4 Å². The first kappa shape index (κ1) is 20.1. The number of primary amides is 1. The number of carbonyl (C=O) groups excluding carboxylic acids is 1. The molecule has 0 bridgehead atoms. The van der Waals surface area contributed by atoms with E-state index in [0.717, 1.165) is 32.5 Å². The number of aromatic amines is 1. The molecule has 0 atom stereocenters. The predicted molar refractivity (Wildman–Crippen MR) is 120 cm³/mol. The van der Waals surface area contributed by atoms with Crippen LogP contribution in [0.2, 0.25) is 0 Å². The number of hydrogen-bond acceptors (Lipinski definition) is 6. The van der Waals surface area contributed by atoms with Crippen LogP contribution in [0.5, 0.6) is 0 Å². The molecule has 3 aromatic heterocycles. The Morgan fingerprint density at radius 1 is 1.09 bits per heavy atom. The number of benzene rings is 1. The number of fused-ring (bicyclic) bond motifs is 1. The van der Waals surface area contributed by atoms with Gasteiger partial charge in [-0.25, -0.2) is 14.8 Å². The highest BCUT2D eigenvalue weighted by Gasteiger charge is 2.27. The van der Waals surface area contributed by atoms with Crippen LogP contribution in [0, 0.1) is 0 Å². The van der Waals surface area contributed by atoms with Crippen LogP contribution in [0.25, 0.3) is 22.6 Å². The Morgan fingerprint density at radius 2 is 1.88 bits per heavy atom. The maximum Gasteiger partial charge on any atom is 0.327 e. The topological polar surface area (TPSA) is 123 Å². The number of imidazole rings is 1. The van der Waals surface area contributed by atoms with Crippen molar-refractivity contribution in [3.8, 4) is 11.4 Å². The predicted octanol–water partition coefficient (Wildman–Crippen LogP) is 2.12. The molecule has 0 aliphatic carbocycles. The fourth-order valence-corrected chi connectivity index (χ4v) is 4.32. The number of likely N-dealkylation sites (tertiary alicyclic amines) is 1. The third kappa shape index (κ3) is 3.78. The Kier molecular flexibility index (Phi) is 5.24. The van der Waals surface area contributed by atoms with Crippen molar-refractivity contribution in [2.24, 2.45) is 5.73 Å². The molecular weight excluding hydrogens is 406 g/mol. The van der Waals surface area contributed by atoms with Gasteiger partial charge in [0.05, 0.1) is 0 Å². The molecule has 0 spiro atoms. The Hall–Kier alpha value is -3.85. The summed E-state index contributed by atoms with van der Waals surface area (Å²) in [5.74, 6) is -0.401. The molecule has 1 aromatic carbocycles. The maximum absolute atomic E-state index is 12.9. The van der Waals surface area contributed by atoms with Gasteiger partial charge in [0, 0.05) is 43.6 Å². The molecule has 32 heavy (non-hydrogen) atoms. The van der Waals surface area contributed by atoms with Crippen molar-refractivity contribution in [1.82, 2.24) is 29.4 Å². The van der Waals surface area contributed by atoms with Gasteiger partial charge in [-0.1, -0.05) is 30.3 Å². The molecule has 3 N–H and O–H groups in total. The van der Waals surface area contributed by atoms with Gasteiger partial charge in [-0.2, -0.15) is 0 Å². The molecule has 5 rings (SSSR count). The zero-order valence-corrected chi connectivity index (χ0v) is 17.4.